The topological polar surface area (TPSA) is 34.6 Å². The Morgan fingerprint density at radius 1 is 0.958 bits per heavy atom. The minimum Gasteiger partial charge on any atom is -0.324 e. The minimum atomic E-state index is 0.416. The van der Waals surface area contributed by atoms with Crippen molar-refractivity contribution in [1.82, 2.24) is 18.8 Å². The quantitative estimate of drug-likeness (QED) is 0.557. The van der Waals surface area contributed by atoms with Crippen LogP contribution in [0.2, 0.25) is 0 Å². The predicted molar refractivity (Wildman–Crippen MR) is 96.6 cm³/mol. The Morgan fingerprint density at radius 3 is 2.62 bits per heavy atom. The first-order valence-electron chi connectivity index (χ1n) is 8.51. The first kappa shape index (κ1) is 14.9. The number of pyridine rings is 1. The van der Waals surface area contributed by atoms with Crippen LogP contribution in [0.5, 0.6) is 0 Å². The van der Waals surface area contributed by atoms with Crippen molar-refractivity contribution in [3.8, 4) is 0 Å². The van der Waals surface area contributed by atoms with Crippen molar-refractivity contribution >= 4 is 11.3 Å². The average molecular weight is 318 g/mol. The van der Waals surface area contributed by atoms with Crippen LogP contribution in [0, 0.1) is 0 Å². The number of nitrogens with zero attached hydrogens (tertiary/aromatic N) is 4. The van der Waals surface area contributed by atoms with Crippen molar-refractivity contribution in [2.45, 2.75) is 39.0 Å². The van der Waals surface area contributed by atoms with Crippen molar-refractivity contribution in [3.63, 3.8) is 0 Å². The highest BCUT2D eigenvalue weighted by molar-refractivity contribution is 5.51. The van der Waals surface area contributed by atoms with Gasteiger partial charge < -0.3 is 4.40 Å². The van der Waals surface area contributed by atoms with Crippen molar-refractivity contribution in [3.05, 3.63) is 72.1 Å². The maximum Gasteiger partial charge on any atom is 0.234 e. The lowest BCUT2D eigenvalue weighted by molar-refractivity contribution is 0.739. The summed E-state index contributed by atoms with van der Waals surface area (Å²) in [5.74, 6) is 1.63. The summed E-state index contributed by atoms with van der Waals surface area (Å²) < 4.78 is 4.18. The van der Waals surface area contributed by atoms with E-state index in [9.17, 15) is 0 Å². The number of fused-ring (bicyclic) bond motifs is 2. The third-order valence-electron chi connectivity index (χ3n) is 4.60. The van der Waals surface area contributed by atoms with Crippen LogP contribution in [-0.2, 0) is 6.42 Å². The molecular weight excluding hydrogens is 296 g/mol. The van der Waals surface area contributed by atoms with Crippen LogP contribution in [0.1, 0.15) is 49.6 Å². The summed E-state index contributed by atoms with van der Waals surface area (Å²) in [4.78, 5) is 9.38. The molecule has 4 heterocycles. The van der Waals surface area contributed by atoms with E-state index in [0.29, 0.717) is 11.8 Å². The summed E-state index contributed by atoms with van der Waals surface area (Å²) in [6.07, 6.45) is 9.36. The first-order chi connectivity index (χ1) is 11.6. The molecule has 0 aliphatic carbocycles. The molecule has 0 aliphatic rings. The van der Waals surface area contributed by atoms with Crippen LogP contribution >= 0.6 is 0 Å². The summed E-state index contributed by atoms with van der Waals surface area (Å²) in [5, 5.41) is 0. The fraction of sp³-hybridized carbons (Fsp3) is 0.300. The van der Waals surface area contributed by atoms with E-state index in [-0.39, 0.29) is 0 Å². The summed E-state index contributed by atoms with van der Waals surface area (Å²) in [6.45, 7) is 6.57. The lowest BCUT2D eigenvalue weighted by Gasteiger charge is -2.08. The van der Waals surface area contributed by atoms with Gasteiger partial charge in [0.25, 0.3) is 0 Å². The highest BCUT2D eigenvalue weighted by Crippen LogP contribution is 2.23. The molecule has 0 bridgehead atoms. The largest absolute Gasteiger partial charge is 0.324 e. The normalized spacial score (nSPS) is 13.2. The van der Waals surface area contributed by atoms with Crippen LogP contribution in [0.25, 0.3) is 11.3 Å². The molecule has 24 heavy (non-hydrogen) atoms. The molecular formula is C20H22N4. The van der Waals surface area contributed by atoms with Gasteiger partial charge in [0.15, 0.2) is 0 Å². The molecule has 4 nitrogen and oxygen atoms in total. The summed E-state index contributed by atoms with van der Waals surface area (Å²) in [6, 6.07) is 10.6. The van der Waals surface area contributed by atoms with Crippen LogP contribution in [-0.4, -0.2) is 18.8 Å². The molecule has 4 aromatic rings. The van der Waals surface area contributed by atoms with E-state index in [1.54, 1.807) is 0 Å². The lowest BCUT2D eigenvalue weighted by atomic mass is 9.99. The second-order valence-electron chi connectivity index (χ2n) is 6.86. The lowest BCUT2D eigenvalue weighted by Crippen LogP contribution is -2.01. The average Bonchev–Trinajstić information content (AvgIpc) is 3.18. The van der Waals surface area contributed by atoms with E-state index >= 15 is 0 Å². The Balaban J connectivity index is 1.60. The van der Waals surface area contributed by atoms with Crippen molar-refractivity contribution in [2.24, 2.45) is 0 Å². The fourth-order valence-electron chi connectivity index (χ4n) is 3.10. The van der Waals surface area contributed by atoms with E-state index in [4.69, 9.17) is 4.98 Å². The maximum atomic E-state index is 4.74. The van der Waals surface area contributed by atoms with Crippen LogP contribution < -0.4 is 0 Å². The molecule has 1 atom stereocenters. The van der Waals surface area contributed by atoms with E-state index in [2.05, 4.69) is 85.3 Å². The second kappa shape index (κ2) is 5.78. The van der Waals surface area contributed by atoms with Crippen LogP contribution in [0.15, 0.2) is 55.1 Å². The zero-order chi connectivity index (χ0) is 16.7. The Kier molecular flexibility index (Phi) is 3.60. The van der Waals surface area contributed by atoms with E-state index in [1.807, 2.05) is 4.40 Å². The van der Waals surface area contributed by atoms with Gasteiger partial charge in [-0.25, -0.2) is 9.97 Å². The van der Waals surface area contributed by atoms with Gasteiger partial charge in [-0.2, -0.15) is 0 Å². The van der Waals surface area contributed by atoms with Gasteiger partial charge in [0.05, 0.1) is 5.69 Å². The van der Waals surface area contributed by atoms with Gasteiger partial charge >= 0.3 is 0 Å². The SMILES string of the molecule is CC(C)c1cn2ccc(CC(C)c3cc4ccccn4c3)nc2n1. The summed E-state index contributed by atoms with van der Waals surface area (Å²) in [7, 11) is 0. The molecule has 4 rings (SSSR count). The number of rotatable bonds is 4. The Bertz CT molecular complexity index is 960. The van der Waals surface area contributed by atoms with Gasteiger partial charge in [0.1, 0.15) is 0 Å². The molecule has 0 aliphatic heterocycles. The maximum absolute atomic E-state index is 4.74. The molecule has 0 aromatic carbocycles. The molecule has 122 valence electrons. The molecule has 0 saturated heterocycles. The van der Waals surface area contributed by atoms with Gasteiger partial charge in [-0.1, -0.05) is 26.8 Å². The fourth-order valence-corrected chi connectivity index (χ4v) is 3.10. The number of aromatic nitrogens is 4. The standard InChI is InChI=1S/C20H22N4/c1-14(2)19-13-24-9-7-17(21-20(24)22-19)10-15(3)16-11-18-6-4-5-8-23(18)12-16/h4-9,11-15H,10H2,1-3H3. The highest BCUT2D eigenvalue weighted by Gasteiger charge is 2.12. The van der Waals surface area contributed by atoms with Crippen molar-refractivity contribution in [2.75, 3.05) is 0 Å². The Morgan fingerprint density at radius 2 is 1.83 bits per heavy atom. The molecule has 0 amide bonds. The predicted octanol–water partition coefficient (Wildman–Crippen LogP) is 4.45. The second-order valence-corrected chi connectivity index (χ2v) is 6.86. The molecule has 4 heteroatoms. The van der Waals surface area contributed by atoms with E-state index in [1.165, 1.54) is 11.1 Å². The zero-order valence-corrected chi connectivity index (χ0v) is 14.3. The zero-order valence-electron chi connectivity index (χ0n) is 14.3. The van der Waals surface area contributed by atoms with Gasteiger partial charge in [-0.15, -0.1) is 0 Å². The Labute approximate surface area is 141 Å². The van der Waals surface area contributed by atoms with Gasteiger partial charge in [0.2, 0.25) is 5.78 Å². The Hall–Kier alpha value is -2.62. The van der Waals surface area contributed by atoms with E-state index < -0.39 is 0 Å². The summed E-state index contributed by atoms with van der Waals surface area (Å²) >= 11 is 0. The third-order valence-corrected chi connectivity index (χ3v) is 4.60. The van der Waals surface area contributed by atoms with Gasteiger partial charge in [0, 0.05) is 36.0 Å². The smallest absolute Gasteiger partial charge is 0.234 e. The van der Waals surface area contributed by atoms with Gasteiger partial charge in [-0.05, 0) is 48.1 Å². The van der Waals surface area contributed by atoms with Crippen LogP contribution in [0.4, 0.5) is 0 Å². The number of imidazole rings is 1. The number of hydrogen-bond acceptors (Lipinski definition) is 2. The molecule has 0 radical (unpaired) electrons. The van der Waals surface area contributed by atoms with Crippen molar-refractivity contribution < 1.29 is 0 Å². The van der Waals surface area contributed by atoms with E-state index in [0.717, 1.165) is 23.6 Å². The molecule has 0 fully saturated rings. The minimum absolute atomic E-state index is 0.416. The van der Waals surface area contributed by atoms with Gasteiger partial charge in [-0.3, -0.25) is 4.40 Å². The molecule has 1 unspecified atom stereocenters. The van der Waals surface area contributed by atoms with Crippen LogP contribution in [0.3, 0.4) is 0 Å². The molecule has 0 saturated carbocycles. The molecule has 0 N–H and O–H groups in total. The third kappa shape index (κ3) is 2.68. The summed E-state index contributed by atoms with van der Waals surface area (Å²) in [5.41, 5.74) is 4.75. The monoisotopic (exact) mass is 318 g/mol. The first-order valence-corrected chi connectivity index (χ1v) is 8.51. The highest BCUT2D eigenvalue weighted by atomic mass is 15.1. The molecule has 0 spiro atoms. The molecule has 4 aromatic heterocycles. The number of hydrogen-bond donors (Lipinski definition) is 0. The van der Waals surface area contributed by atoms with Crippen molar-refractivity contribution in [1.29, 1.82) is 0 Å².